The number of hydrogen-bond donors (Lipinski definition) is 2. The molecular formula is C20H24N2O2S. The first-order valence-corrected chi connectivity index (χ1v) is 8.89. The van der Waals surface area contributed by atoms with E-state index in [2.05, 4.69) is 44.2 Å². The quantitative estimate of drug-likeness (QED) is 0.657. The van der Waals surface area contributed by atoms with E-state index < -0.39 is 5.97 Å². The molecule has 0 aliphatic carbocycles. The zero-order valence-corrected chi connectivity index (χ0v) is 15.7. The van der Waals surface area contributed by atoms with E-state index in [9.17, 15) is 9.90 Å². The molecular weight excluding hydrogens is 332 g/mol. The van der Waals surface area contributed by atoms with Gasteiger partial charge in [0.15, 0.2) is 0 Å². The van der Waals surface area contributed by atoms with Gasteiger partial charge in [0.2, 0.25) is 0 Å². The molecule has 1 aromatic heterocycles. The van der Waals surface area contributed by atoms with Gasteiger partial charge in [-0.1, -0.05) is 42.4 Å². The van der Waals surface area contributed by atoms with E-state index in [0.717, 1.165) is 27.9 Å². The Hall–Kier alpha value is -2.24. The topological polar surface area (TPSA) is 77.2 Å². The Morgan fingerprint density at radius 1 is 1.16 bits per heavy atom. The van der Waals surface area contributed by atoms with Crippen LogP contribution in [0.4, 0.5) is 0 Å². The highest BCUT2D eigenvalue weighted by Crippen LogP contribution is 2.38. The standard InChI is InChI=1S/C20H21NO2S.H3N/c1-4-15-6-5-7-16(11-15)24-20-14(3)21(12-19(22)23)18-9-8-13(2)10-17(18)20;/h5-11H,4,12H2,1-3H3,(H,22,23);1H3. The summed E-state index contributed by atoms with van der Waals surface area (Å²) in [5.41, 5.74) is 4.47. The van der Waals surface area contributed by atoms with Crippen LogP contribution in [0.2, 0.25) is 0 Å². The molecule has 2 aromatic carbocycles. The minimum atomic E-state index is -0.819. The molecule has 0 saturated carbocycles. The van der Waals surface area contributed by atoms with Gasteiger partial charge in [-0.05, 0) is 50.1 Å². The van der Waals surface area contributed by atoms with Gasteiger partial charge in [-0.25, -0.2) is 0 Å². The first-order chi connectivity index (χ1) is 11.5. The summed E-state index contributed by atoms with van der Waals surface area (Å²) in [5, 5.41) is 10.4. The maximum atomic E-state index is 11.3. The Morgan fingerprint density at radius 3 is 2.60 bits per heavy atom. The highest BCUT2D eigenvalue weighted by atomic mass is 32.2. The minimum Gasteiger partial charge on any atom is -0.480 e. The molecule has 132 valence electrons. The number of aromatic nitrogens is 1. The molecule has 3 aromatic rings. The van der Waals surface area contributed by atoms with E-state index in [1.165, 1.54) is 16.0 Å². The van der Waals surface area contributed by atoms with Crippen molar-refractivity contribution in [1.82, 2.24) is 10.7 Å². The van der Waals surface area contributed by atoms with Crippen molar-refractivity contribution in [1.29, 1.82) is 0 Å². The van der Waals surface area contributed by atoms with Crippen molar-refractivity contribution in [3.05, 3.63) is 59.3 Å². The third-order valence-electron chi connectivity index (χ3n) is 4.24. The van der Waals surface area contributed by atoms with Gasteiger partial charge in [-0.2, -0.15) is 0 Å². The summed E-state index contributed by atoms with van der Waals surface area (Å²) >= 11 is 1.72. The largest absolute Gasteiger partial charge is 0.480 e. The van der Waals surface area contributed by atoms with Crippen LogP contribution in [-0.2, 0) is 17.8 Å². The molecule has 0 bridgehead atoms. The second-order valence-corrected chi connectivity index (χ2v) is 7.10. The van der Waals surface area contributed by atoms with Crippen LogP contribution in [0.5, 0.6) is 0 Å². The zero-order valence-electron chi connectivity index (χ0n) is 14.9. The molecule has 4 N–H and O–H groups in total. The molecule has 25 heavy (non-hydrogen) atoms. The predicted octanol–water partition coefficient (Wildman–Crippen LogP) is 5.22. The molecule has 4 nitrogen and oxygen atoms in total. The lowest BCUT2D eigenvalue weighted by atomic mass is 10.2. The predicted molar refractivity (Wildman–Crippen MR) is 104 cm³/mol. The molecule has 0 fully saturated rings. The first-order valence-electron chi connectivity index (χ1n) is 8.07. The third kappa shape index (κ3) is 3.89. The van der Waals surface area contributed by atoms with Gasteiger partial charge in [0.1, 0.15) is 6.54 Å². The van der Waals surface area contributed by atoms with Crippen LogP contribution in [0.25, 0.3) is 10.9 Å². The number of fused-ring (bicyclic) bond motifs is 1. The summed E-state index contributed by atoms with van der Waals surface area (Å²) < 4.78 is 1.89. The van der Waals surface area contributed by atoms with Crippen LogP contribution in [0.3, 0.4) is 0 Å². The second kappa shape index (κ2) is 7.76. The lowest BCUT2D eigenvalue weighted by Gasteiger charge is -2.06. The Kier molecular flexibility index (Phi) is 5.93. The number of rotatable bonds is 5. The van der Waals surface area contributed by atoms with Crippen molar-refractivity contribution in [2.45, 2.75) is 43.5 Å². The Balaban J connectivity index is 0.00000225. The normalized spacial score (nSPS) is 10.7. The number of nitrogens with zero attached hydrogens (tertiary/aromatic N) is 1. The van der Waals surface area contributed by atoms with Crippen molar-refractivity contribution in [2.24, 2.45) is 0 Å². The summed E-state index contributed by atoms with van der Waals surface area (Å²) in [4.78, 5) is 13.6. The number of benzene rings is 2. The van der Waals surface area contributed by atoms with Crippen molar-refractivity contribution in [2.75, 3.05) is 0 Å². The number of hydrogen-bond acceptors (Lipinski definition) is 3. The molecule has 0 aliphatic rings. The van der Waals surface area contributed by atoms with E-state index in [1.54, 1.807) is 11.8 Å². The summed E-state index contributed by atoms with van der Waals surface area (Å²) in [6.07, 6.45) is 1.01. The van der Waals surface area contributed by atoms with E-state index in [4.69, 9.17) is 0 Å². The van der Waals surface area contributed by atoms with Crippen molar-refractivity contribution >= 4 is 28.6 Å². The van der Waals surface area contributed by atoms with Gasteiger partial charge >= 0.3 is 5.97 Å². The summed E-state index contributed by atoms with van der Waals surface area (Å²) in [5.74, 6) is -0.819. The maximum Gasteiger partial charge on any atom is 0.323 e. The monoisotopic (exact) mass is 356 g/mol. The fraction of sp³-hybridized carbons (Fsp3) is 0.250. The summed E-state index contributed by atoms with van der Waals surface area (Å²) in [6, 6.07) is 14.7. The molecule has 0 saturated heterocycles. The van der Waals surface area contributed by atoms with Gasteiger partial charge in [0.25, 0.3) is 0 Å². The minimum absolute atomic E-state index is 0. The second-order valence-electron chi connectivity index (χ2n) is 6.02. The fourth-order valence-electron chi connectivity index (χ4n) is 2.98. The fourth-order valence-corrected chi connectivity index (χ4v) is 4.10. The van der Waals surface area contributed by atoms with Crippen molar-refractivity contribution in [3.63, 3.8) is 0 Å². The Labute approximate surface area is 152 Å². The van der Waals surface area contributed by atoms with Crippen LogP contribution in [0.15, 0.2) is 52.3 Å². The summed E-state index contributed by atoms with van der Waals surface area (Å²) in [7, 11) is 0. The Morgan fingerprint density at radius 2 is 1.92 bits per heavy atom. The third-order valence-corrected chi connectivity index (χ3v) is 5.45. The average molecular weight is 356 g/mol. The number of carboxylic acids is 1. The Bertz CT molecular complexity index is 915. The number of carboxylic acid groups (broad SMARTS) is 1. The van der Waals surface area contributed by atoms with Crippen molar-refractivity contribution < 1.29 is 9.90 Å². The molecule has 0 radical (unpaired) electrons. The highest BCUT2D eigenvalue weighted by Gasteiger charge is 2.17. The van der Waals surface area contributed by atoms with E-state index in [1.807, 2.05) is 23.6 Å². The maximum absolute atomic E-state index is 11.3. The first kappa shape index (κ1) is 19.1. The lowest BCUT2D eigenvalue weighted by Crippen LogP contribution is -2.09. The zero-order chi connectivity index (χ0) is 17.3. The summed E-state index contributed by atoms with van der Waals surface area (Å²) in [6.45, 7) is 6.21. The van der Waals surface area contributed by atoms with Gasteiger partial charge in [-0.15, -0.1) is 0 Å². The van der Waals surface area contributed by atoms with Gasteiger partial charge < -0.3 is 15.8 Å². The number of aryl methyl sites for hydroxylation is 2. The van der Waals surface area contributed by atoms with Crippen LogP contribution >= 0.6 is 11.8 Å². The number of aliphatic carboxylic acids is 1. The molecule has 5 heteroatoms. The van der Waals surface area contributed by atoms with E-state index in [-0.39, 0.29) is 12.7 Å². The molecule has 0 unspecified atom stereocenters. The lowest BCUT2D eigenvalue weighted by molar-refractivity contribution is -0.137. The van der Waals surface area contributed by atoms with Crippen LogP contribution in [0.1, 0.15) is 23.7 Å². The molecule has 1 heterocycles. The van der Waals surface area contributed by atoms with Gasteiger partial charge in [-0.3, -0.25) is 4.79 Å². The molecule has 0 aliphatic heterocycles. The SMILES string of the molecule is CCc1cccc(Sc2c(C)n(CC(=O)O)c3ccc(C)cc23)c1.N. The van der Waals surface area contributed by atoms with Crippen LogP contribution in [-0.4, -0.2) is 15.6 Å². The molecule has 3 rings (SSSR count). The molecule has 0 spiro atoms. The van der Waals surface area contributed by atoms with Crippen molar-refractivity contribution in [3.8, 4) is 0 Å². The number of carbonyl (C=O) groups is 1. The van der Waals surface area contributed by atoms with E-state index in [0.29, 0.717) is 0 Å². The van der Waals surface area contributed by atoms with E-state index >= 15 is 0 Å². The molecule has 0 amide bonds. The van der Waals surface area contributed by atoms with Gasteiger partial charge in [0, 0.05) is 26.4 Å². The van der Waals surface area contributed by atoms with Crippen LogP contribution < -0.4 is 6.15 Å². The highest BCUT2D eigenvalue weighted by molar-refractivity contribution is 7.99. The smallest absolute Gasteiger partial charge is 0.323 e. The average Bonchev–Trinajstić information content (AvgIpc) is 2.80. The van der Waals surface area contributed by atoms with Gasteiger partial charge in [0.05, 0.1) is 0 Å². The van der Waals surface area contributed by atoms with Crippen LogP contribution in [0, 0.1) is 13.8 Å². The molecule has 0 atom stereocenters.